The number of nitrogens with zero attached hydrogens (tertiary/aromatic N) is 4. The van der Waals surface area contributed by atoms with E-state index in [-0.39, 0.29) is 11.8 Å². The van der Waals surface area contributed by atoms with Crippen LogP contribution in [0.2, 0.25) is 0 Å². The molecule has 0 spiro atoms. The highest BCUT2D eigenvalue weighted by atomic mass is 16.3. The van der Waals surface area contributed by atoms with Gasteiger partial charge in [0.15, 0.2) is 5.82 Å². The number of benzene rings is 1. The summed E-state index contributed by atoms with van der Waals surface area (Å²) >= 11 is 0. The molecule has 0 saturated carbocycles. The van der Waals surface area contributed by atoms with Gasteiger partial charge in [-0.1, -0.05) is 30.3 Å². The van der Waals surface area contributed by atoms with E-state index in [9.17, 15) is 9.90 Å². The summed E-state index contributed by atoms with van der Waals surface area (Å²) in [5.41, 5.74) is 2.62. The van der Waals surface area contributed by atoms with Crippen LogP contribution in [0.3, 0.4) is 0 Å². The smallest absolute Gasteiger partial charge is 0.257 e. The quantitative estimate of drug-likeness (QED) is 0.787. The molecule has 1 aromatic carbocycles. The average molecular weight is 348 g/mol. The Hall–Kier alpha value is -2.99. The van der Waals surface area contributed by atoms with Gasteiger partial charge in [-0.3, -0.25) is 4.79 Å². The zero-order valence-corrected chi connectivity index (χ0v) is 14.5. The lowest BCUT2D eigenvalue weighted by Gasteiger charge is -2.15. The van der Waals surface area contributed by atoms with E-state index in [1.54, 1.807) is 28.2 Å². The Morgan fingerprint density at radius 1 is 1.19 bits per heavy atom. The number of aliphatic hydroxyl groups excluding tert-OH is 1. The minimum atomic E-state index is -0.560. The second-order valence-electron chi connectivity index (χ2n) is 6.66. The second kappa shape index (κ2) is 6.72. The molecule has 0 bridgehead atoms. The number of aliphatic hydroxyl groups is 1. The Labute approximate surface area is 151 Å². The number of pyridine rings is 1. The van der Waals surface area contributed by atoms with Crippen molar-refractivity contribution >= 4 is 5.91 Å². The van der Waals surface area contributed by atoms with Crippen molar-refractivity contribution < 1.29 is 9.90 Å². The Morgan fingerprint density at radius 3 is 2.77 bits per heavy atom. The van der Waals surface area contributed by atoms with Gasteiger partial charge < -0.3 is 10.0 Å². The molecule has 1 aliphatic rings. The van der Waals surface area contributed by atoms with Crippen LogP contribution in [-0.4, -0.2) is 49.9 Å². The van der Waals surface area contributed by atoms with Crippen molar-refractivity contribution in [2.24, 2.45) is 0 Å². The topological polar surface area (TPSA) is 71.2 Å². The lowest BCUT2D eigenvalue weighted by atomic mass is 9.96. The second-order valence-corrected chi connectivity index (χ2v) is 6.66. The van der Waals surface area contributed by atoms with Crippen LogP contribution in [0.15, 0.2) is 61.1 Å². The van der Waals surface area contributed by atoms with Gasteiger partial charge in [-0.15, -0.1) is 0 Å². The summed E-state index contributed by atoms with van der Waals surface area (Å²) in [5, 5.41) is 14.7. The SMILES string of the molecule is Cc1ccnc(-n2cc(C(=O)N3C[C@@H](O)[C@H](c4ccccc4)C3)cn2)c1. The fraction of sp³-hybridized carbons (Fsp3) is 0.250. The van der Waals surface area contributed by atoms with Crippen molar-refractivity contribution in [1.82, 2.24) is 19.7 Å². The largest absolute Gasteiger partial charge is 0.391 e. The van der Waals surface area contributed by atoms with Crippen LogP contribution in [0.25, 0.3) is 5.82 Å². The number of rotatable bonds is 3. The lowest BCUT2D eigenvalue weighted by molar-refractivity contribution is 0.0765. The third-order valence-electron chi connectivity index (χ3n) is 4.77. The Balaban J connectivity index is 1.52. The van der Waals surface area contributed by atoms with Gasteiger partial charge in [0.25, 0.3) is 5.91 Å². The molecule has 1 saturated heterocycles. The van der Waals surface area contributed by atoms with E-state index in [0.717, 1.165) is 11.1 Å². The number of carbonyl (C=O) groups is 1. The third kappa shape index (κ3) is 3.11. The van der Waals surface area contributed by atoms with Gasteiger partial charge >= 0.3 is 0 Å². The Bertz CT molecular complexity index is 922. The zero-order valence-electron chi connectivity index (χ0n) is 14.5. The normalized spacial score (nSPS) is 19.7. The molecular weight excluding hydrogens is 328 g/mol. The molecule has 1 N–H and O–H groups in total. The number of aryl methyl sites for hydroxylation is 1. The van der Waals surface area contributed by atoms with Crippen molar-refractivity contribution in [2.45, 2.75) is 18.9 Å². The number of carbonyl (C=O) groups excluding carboxylic acids is 1. The standard InChI is InChI=1S/C20H20N4O2/c1-14-7-8-21-19(9-14)24-11-16(10-22-24)20(26)23-12-17(18(25)13-23)15-5-3-2-4-6-15/h2-11,17-18,25H,12-13H2,1H3/t17-,18+/m0/s1. The molecule has 0 unspecified atom stereocenters. The van der Waals surface area contributed by atoms with Gasteiger partial charge in [-0.2, -0.15) is 5.10 Å². The van der Waals surface area contributed by atoms with E-state index in [2.05, 4.69) is 10.1 Å². The van der Waals surface area contributed by atoms with Crippen molar-refractivity contribution in [3.8, 4) is 5.82 Å². The van der Waals surface area contributed by atoms with E-state index in [0.29, 0.717) is 24.5 Å². The summed E-state index contributed by atoms with van der Waals surface area (Å²) in [7, 11) is 0. The van der Waals surface area contributed by atoms with Gasteiger partial charge in [0.1, 0.15) is 0 Å². The van der Waals surface area contributed by atoms with Crippen molar-refractivity contribution in [3.05, 3.63) is 77.7 Å². The number of hydrogen-bond acceptors (Lipinski definition) is 4. The van der Waals surface area contributed by atoms with Gasteiger partial charge in [-0.25, -0.2) is 9.67 Å². The summed E-state index contributed by atoms with van der Waals surface area (Å²) in [5.74, 6) is 0.489. The predicted molar refractivity (Wildman–Crippen MR) is 97.2 cm³/mol. The summed E-state index contributed by atoms with van der Waals surface area (Å²) < 4.78 is 1.60. The first kappa shape index (κ1) is 16.5. The molecule has 2 aromatic heterocycles. The first-order valence-electron chi connectivity index (χ1n) is 8.62. The molecule has 26 heavy (non-hydrogen) atoms. The minimum absolute atomic E-state index is 0.0614. The molecule has 4 rings (SSSR count). The Kier molecular flexibility index (Phi) is 4.26. The van der Waals surface area contributed by atoms with E-state index in [1.807, 2.05) is 49.4 Å². The fourth-order valence-corrected chi connectivity index (χ4v) is 3.37. The van der Waals surface area contributed by atoms with Crippen LogP contribution in [0, 0.1) is 6.92 Å². The highest BCUT2D eigenvalue weighted by molar-refractivity contribution is 5.94. The van der Waals surface area contributed by atoms with Crippen LogP contribution in [-0.2, 0) is 0 Å². The molecular formula is C20H20N4O2. The highest BCUT2D eigenvalue weighted by Gasteiger charge is 2.35. The summed E-state index contributed by atoms with van der Waals surface area (Å²) in [6.07, 6.45) is 4.39. The van der Waals surface area contributed by atoms with Crippen LogP contribution < -0.4 is 0 Å². The van der Waals surface area contributed by atoms with Crippen LogP contribution in [0.5, 0.6) is 0 Å². The molecule has 132 valence electrons. The molecule has 0 aliphatic carbocycles. The summed E-state index contributed by atoms with van der Waals surface area (Å²) in [4.78, 5) is 18.8. The number of aromatic nitrogens is 3. The van der Waals surface area contributed by atoms with E-state index < -0.39 is 6.10 Å². The van der Waals surface area contributed by atoms with Gasteiger partial charge in [-0.05, 0) is 30.2 Å². The number of hydrogen-bond donors (Lipinski definition) is 1. The molecule has 3 aromatic rings. The molecule has 1 aliphatic heterocycles. The maximum atomic E-state index is 12.8. The molecule has 1 fully saturated rings. The van der Waals surface area contributed by atoms with Gasteiger partial charge in [0.05, 0.1) is 17.9 Å². The maximum Gasteiger partial charge on any atom is 0.257 e. The fourth-order valence-electron chi connectivity index (χ4n) is 3.37. The summed E-state index contributed by atoms with van der Waals surface area (Å²) in [6.45, 7) is 2.81. The van der Waals surface area contributed by atoms with E-state index in [1.165, 1.54) is 0 Å². The zero-order chi connectivity index (χ0) is 18.1. The molecule has 6 heteroatoms. The van der Waals surface area contributed by atoms with Gasteiger partial charge in [0, 0.05) is 31.4 Å². The third-order valence-corrected chi connectivity index (χ3v) is 4.77. The first-order chi connectivity index (χ1) is 12.6. The average Bonchev–Trinajstić information content (AvgIpc) is 3.29. The van der Waals surface area contributed by atoms with Crippen molar-refractivity contribution in [2.75, 3.05) is 13.1 Å². The maximum absolute atomic E-state index is 12.8. The van der Waals surface area contributed by atoms with Crippen molar-refractivity contribution in [1.29, 1.82) is 0 Å². The summed E-state index contributed by atoms with van der Waals surface area (Å²) in [6, 6.07) is 13.6. The van der Waals surface area contributed by atoms with Crippen LogP contribution in [0.1, 0.15) is 27.4 Å². The first-order valence-corrected chi connectivity index (χ1v) is 8.62. The Morgan fingerprint density at radius 2 is 2.00 bits per heavy atom. The highest BCUT2D eigenvalue weighted by Crippen LogP contribution is 2.28. The van der Waals surface area contributed by atoms with Gasteiger partial charge in [0.2, 0.25) is 0 Å². The number of likely N-dealkylation sites (tertiary alicyclic amines) is 1. The van der Waals surface area contributed by atoms with Crippen LogP contribution >= 0.6 is 0 Å². The van der Waals surface area contributed by atoms with Crippen molar-refractivity contribution in [3.63, 3.8) is 0 Å². The number of amides is 1. The predicted octanol–water partition coefficient (Wildman–Crippen LogP) is 2.18. The monoisotopic (exact) mass is 348 g/mol. The molecule has 0 radical (unpaired) electrons. The molecule has 2 atom stereocenters. The number of β-amino-alcohol motifs (C(OH)–C–C–N with tert-alkyl or cyclic N) is 1. The molecule has 1 amide bonds. The molecule has 3 heterocycles. The van der Waals surface area contributed by atoms with E-state index in [4.69, 9.17) is 0 Å². The molecule has 6 nitrogen and oxygen atoms in total. The lowest BCUT2D eigenvalue weighted by Crippen LogP contribution is -2.29. The van der Waals surface area contributed by atoms with E-state index >= 15 is 0 Å². The van der Waals surface area contributed by atoms with Crippen LogP contribution in [0.4, 0.5) is 0 Å². The minimum Gasteiger partial charge on any atom is -0.391 e.